The lowest BCUT2D eigenvalue weighted by molar-refractivity contribution is -0.114. The molecule has 0 aliphatic carbocycles. The quantitative estimate of drug-likeness (QED) is 0.903. The molecule has 0 radical (unpaired) electrons. The summed E-state index contributed by atoms with van der Waals surface area (Å²) in [4.78, 5) is 21.7. The molecule has 0 bridgehead atoms. The SMILES string of the molecule is CC(=O)Nc1ccc(Nc2nc(C)cc(N(C)C)n2)cc1. The number of rotatable bonds is 4. The van der Waals surface area contributed by atoms with E-state index in [1.54, 1.807) is 0 Å². The zero-order chi connectivity index (χ0) is 15.4. The Morgan fingerprint density at radius 2 is 1.71 bits per heavy atom. The Kier molecular flexibility index (Phi) is 4.37. The van der Waals surface area contributed by atoms with Gasteiger partial charge in [0.2, 0.25) is 11.9 Å². The molecule has 1 amide bonds. The number of nitrogens with zero attached hydrogens (tertiary/aromatic N) is 3. The Balaban J connectivity index is 2.16. The normalized spacial score (nSPS) is 10.1. The fourth-order valence-electron chi connectivity index (χ4n) is 1.81. The zero-order valence-corrected chi connectivity index (χ0v) is 12.6. The third-order valence-corrected chi connectivity index (χ3v) is 2.76. The van der Waals surface area contributed by atoms with Crippen LogP contribution in [0.5, 0.6) is 0 Å². The van der Waals surface area contributed by atoms with Crippen molar-refractivity contribution in [2.45, 2.75) is 13.8 Å². The second-order valence-electron chi connectivity index (χ2n) is 4.97. The third kappa shape index (κ3) is 4.17. The van der Waals surface area contributed by atoms with Crippen LogP contribution < -0.4 is 15.5 Å². The van der Waals surface area contributed by atoms with E-state index in [4.69, 9.17) is 0 Å². The number of nitrogens with one attached hydrogen (secondary N) is 2. The van der Waals surface area contributed by atoms with Crippen molar-refractivity contribution in [3.8, 4) is 0 Å². The van der Waals surface area contributed by atoms with Gasteiger partial charge in [0, 0.05) is 44.2 Å². The Bertz CT molecular complexity index is 637. The molecular formula is C15H19N5O. The third-order valence-electron chi connectivity index (χ3n) is 2.76. The van der Waals surface area contributed by atoms with Crippen molar-refractivity contribution < 1.29 is 4.79 Å². The van der Waals surface area contributed by atoms with Crippen LogP contribution in [0, 0.1) is 6.92 Å². The molecule has 0 aliphatic rings. The predicted molar refractivity (Wildman–Crippen MR) is 85.1 cm³/mol. The number of benzene rings is 1. The lowest BCUT2D eigenvalue weighted by Crippen LogP contribution is -2.12. The molecule has 0 atom stereocenters. The maximum absolute atomic E-state index is 11.0. The summed E-state index contributed by atoms with van der Waals surface area (Å²) in [6.07, 6.45) is 0. The van der Waals surface area contributed by atoms with Crippen LogP contribution in [0.15, 0.2) is 30.3 Å². The van der Waals surface area contributed by atoms with Crippen LogP contribution in [0.25, 0.3) is 0 Å². The molecule has 0 saturated carbocycles. The molecule has 6 heteroatoms. The first kappa shape index (κ1) is 14.8. The Labute approximate surface area is 124 Å². The van der Waals surface area contributed by atoms with E-state index in [0.717, 1.165) is 22.9 Å². The van der Waals surface area contributed by atoms with Crippen LogP contribution in [-0.4, -0.2) is 30.0 Å². The first-order valence-corrected chi connectivity index (χ1v) is 6.62. The average molecular weight is 285 g/mol. The molecule has 0 aliphatic heterocycles. The summed E-state index contributed by atoms with van der Waals surface area (Å²) < 4.78 is 0. The molecule has 2 aromatic rings. The minimum atomic E-state index is -0.0895. The topological polar surface area (TPSA) is 70.2 Å². The minimum Gasteiger partial charge on any atom is -0.363 e. The summed E-state index contributed by atoms with van der Waals surface area (Å²) in [5, 5.41) is 5.88. The van der Waals surface area contributed by atoms with Gasteiger partial charge in [-0.2, -0.15) is 4.98 Å². The number of hydrogen-bond donors (Lipinski definition) is 2. The zero-order valence-electron chi connectivity index (χ0n) is 12.6. The molecule has 0 spiro atoms. The maximum atomic E-state index is 11.0. The summed E-state index contributed by atoms with van der Waals surface area (Å²) in [6.45, 7) is 3.41. The summed E-state index contributed by atoms with van der Waals surface area (Å²) in [7, 11) is 3.88. The van der Waals surface area contributed by atoms with Gasteiger partial charge in [-0.15, -0.1) is 0 Å². The smallest absolute Gasteiger partial charge is 0.229 e. The average Bonchev–Trinajstić information content (AvgIpc) is 2.39. The molecule has 2 rings (SSSR count). The Morgan fingerprint density at radius 1 is 1.10 bits per heavy atom. The highest BCUT2D eigenvalue weighted by molar-refractivity contribution is 5.88. The van der Waals surface area contributed by atoms with Crippen molar-refractivity contribution in [1.29, 1.82) is 0 Å². The van der Waals surface area contributed by atoms with E-state index < -0.39 is 0 Å². The molecule has 2 N–H and O–H groups in total. The molecule has 1 aromatic carbocycles. The summed E-state index contributed by atoms with van der Waals surface area (Å²) >= 11 is 0. The van der Waals surface area contributed by atoms with Crippen LogP contribution in [-0.2, 0) is 4.79 Å². The van der Waals surface area contributed by atoms with E-state index in [0.29, 0.717) is 5.95 Å². The van der Waals surface area contributed by atoms with Gasteiger partial charge in [-0.05, 0) is 31.2 Å². The first-order valence-electron chi connectivity index (χ1n) is 6.62. The largest absolute Gasteiger partial charge is 0.363 e. The van der Waals surface area contributed by atoms with E-state index in [9.17, 15) is 4.79 Å². The first-order chi connectivity index (χ1) is 9.94. The van der Waals surface area contributed by atoms with Gasteiger partial charge in [-0.25, -0.2) is 4.98 Å². The van der Waals surface area contributed by atoms with E-state index in [2.05, 4.69) is 20.6 Å². The number of carbonyl (C=O) groups excluding carboxylic acids is 1. The monoisotopic (exact) mass is 285 g/mol. The van der Waals surface area contributed by atoms with Gasteiger partial charge in [0.05, 0.1) is 0 Å². The van der Waals surface area contributed by atoms with Crippen molar-refractivity contribution in [3.05, 3.63) is 36.0 Å². The van der Waals surface area contributed by atoms with Gasteiger partial charge >= 0.3 is 0 Å². The van der Waals surface area contributed by atoms with Crippen LogP contribution in [0.1, 0.15) is 12.6 Å². The summed E-state index contributed by atoms with van der Waals surface area (Å²) in [6, 6.07) is 9.31. The number of hydrogen-bond acceptors (Lipinski definition) is 5. The van der Waals surface area contributed by atoms with Crippen molar-refractivity contribution >= 4 is 29.0 Å². The second kappa shape index (κ2) is 6.21. The highest BCUT2D eigenvalue weighted by Crippen LogP contribution is 2.19. The molecule has 21 heavy (non-hydrogen) atoms. The fourth-order valence-corrected chi connectivity index (χ4v) is 1.81. The lowest BCUT2D eigenvalue weighted by atomic mass is 10.3. The fraction of sp³-hybridized carbons (Fsp3) is 0.267. The van der Waals surface area contributed by atoms with Crippen molar-refractivity contribution in [3.63, 3.8) is 0 Å². The van der Waals surface area contributed by atoms with Crippen molar-refractivity contribution in [2.75, 3.05) is 29.6 Å². The number of amides is 1. The van der Waals surface area contributed by atoms with Gasteiger partial charge in [-0.1, -0.05) is 0 Å². The van der Waals surface area contributed by atoms with E-state index in [-0.39, 0.29) is 5.91 Å². The van der Waals surface area contributed by atoms with Gasteiger partial charge in [0.1, 0.15) is 5.82 Å². The van der Waals surface area contributed by atoms with Gasteiger partial charge in [-0.3, -0.25) is 4.79 Å². The van der Waals surface area contributed by atoms with Gasteiger partial charge in [0.15, 0.2) is 0 Å². The molecule has 6 nitrogen and oxygen atoms in total. The number of aryl methyl sites for hydroxylation is 1. The summed E-state index contributed by atoms with van der Waals surface area (Å²) in [5.74, 6) is 1.30. The second-order valence-corrected chi connectivity index (χ2v) is 4.97. The van der Waals surface area contributed by atoms with Crippen molar-refractivity contribution in [2.24, 2.45) is 0 Å². The van der Waals surface area contributed by atoms with E-state index >= 15 is 0 Å². The lowest BCUT2D eigenvalue weighted by Gasteiger charge is -2.14. The molecular weight excluding hydrogens is 266 g/mol. The Morgan fingerprint density at radius 3 is 2.29 bits per heavy atom. The Hall–Kier alpha value is -2.63. The van der Waals surface area contributed by atoms with Crippen LogP contribution in [0.2, 0.25) is 0 Å². The predicted octanol–water partition coefficient (Wildman–Crippen LogP) is 2.55. The minimum absolute atomic E-state index is 0.0895. The number of carbonyl (C=O) groups is 1. The molecule has 0 unspecified atom stereocenters. The standard InChI is InChI=1S/C15H19N5O/c1-10-9-14(20(3)4)19-15(16-10)18-13-7-5-12(6-8-13)17-11(2)21/h5-9H,1-4H3,(H,17,21)(H,16,18,19). The number of anilines is 4. The highest BCUT2D eigenvalue weighted by atomic mass is 16.1. The van der Waals surface area contributed by atoms with E-state index in [1.165, 1.54) is 6.92 Å². The van der Waals surface area contributed by atoms with Crippen LogP contribution in [0.3, 0.4) is 0 Å². The highest BCUT2D eigenvalue weighted by Gasteiger charge is 2.04. The van der Waals surface area contributed by atoms with Gasteiger partial charge in [0.25, 0.3) is 0 Å². The van der Waals surface area contributed by atoms with E-state index in [1.807, 2.05) is 56.3 Å². The molecule has 0 saturated heterocycles. The molecule has 1 aromatic heterocycles. The molecule has 1 heterocycles. The van der Waals surface area contributed by atoms with Gasteiger partial charge < -0.3 is 15.5 Å². The molecule has 110 valence electrons. The molecule has 0 fully saturated rings. The van der Waals surface area contributed by atoms with Crippen LogP contribution in [0.4, 0.5) is 23.1 Å². The summed E-state index contributed by atoms with van der Waals surface area (Å²) in [5.41, 5.74) is 2.51. The van der Waals surface area contributed by atoms with Crippen molar-refractivity contribution in [1.82, 2.24) is 9.97 Å². The number of aromatic nitrogens is 2. The van der Waals surface area contributed by atoms with Crippen LogP contribution >= 0.6 is 0 Å². The maximum Gasteiger partial charge on any atom is 0.229 e.